The van der Waals surface area contributed by atoms with Crippen molar-refractivity contribution in [1.29, 1.82) is 0 Å². The fourth-order valence-electron chi connectivity index (χ4n) is 3.31. The Morgan fingerprint density at radius 2 is 1.83 bits per heavy atom. The standard InChI is InChI=1S/C17H24N2O3S2/c1-13-12-19(14(2)20)16-8-7-15(11-17(16)23-13)24(21,22)18-9-5-3-4-6-10-18/h7-8,11,13H,3-6,9-10,12H2,1-2H3. The van der Waals surface area contributed by atoms with Crippen LogP contribution in [0.1, 0.15) is 39.5 Å². The molecule has 1 aromatic carbocycles. The van der Waals surface area contributed by atoms with Crippen molar-refractivity contribution in [2.45, 2.75) is 54.6 Å². The predicted octanol–water partition coefficient (Wildman–Crippen LogP) is 3.10. The highest BCUT2D eigenvalue weighted by atomic mass is 32.2. The molecule has 132 valence electrons. The van der Waals surface area contributed by atoms with Crippen molar-refractivity contribution in [1.82, 2.24) is 4.31 Å². The minimum absolute atomic E-state index is 0.00785. The first-order valence-corrected chi connectivity index (χ1v) is 10.8. The molecule has 0 aromatic heterocycles. The first-order valence-electron chi connectivity index (χ1n) is 8.48. The van der Waals surface area contributed by atoms with Crippen LogP contribution in [0.3, 0.4) is 0 Å². The van der Waals surface area contributed by atoms with Gasteiger partial charge in [-0.2, -0.15) is 4.31 Å². The fourth-order valence-corrected chi connectivity index (χ4v) is 6.08. The number of sulfonamides is 1. The molecule has 0 radical (unpaired) electrons. The van der Waals surface area contributed by atoms with Crippen LogP contribution in [0.4, 0.5) is 5.69 Å². The van der Waals surface area contributed by atoms with E-state index in [0.29, 0.717) is 24.5 Å². The Morgan fingerprint density at radius 1 is 1.17 bits per heavy atom. The summed E-state index contributed by atoms with van der Waals surface area (Å²) in [7, 11) is -3.46. The minimum atomic E-state index is -3.46. The molecule has 5 nitrogen and oxygen atoms in total. The van der Waals surface area contributed by atoms with Crippen LogP contribution in [-0.2, 0) is 14.8 Å². The maximum atomic E-state index is 13.0. The van der Waals surface area contributed by atoms with Gasteiger partial charge in [-0.1, -0.05) is 19.8 Å². The van der Waals surface area contributed by atoms with Crippen LogP contribution in [0.2, 0.25) is 0 Å². The third kappa shape index (κ3) is 3.48. The van der Waals surface area contributed by atoms with Crippen molar-refractivity contribution in [3.63, 3.8) is 0 Å². The summed E-state index contributed by atoms with van der Waals surface area (Å²) in [5.41, 5.74) is 0.820. The van der Waals surface area contributed by atoms with Gasteiger partial charge in [0.05, 0.1) is 10.6 Å². The number of benzene rings is 1. The van der Waals surface area contributed by atoms with Crippen molar-refractivity contribution < 1.29 is 13.2 Å². The molecule has 0 saturated carbocycles. The number of thioether (sulfide) groups is 1. The summed E-state index contributed by atoms with van der Waals surface area (Å²) in [6.07, 6.45) is 4.04. The van der Waals surface area contributed by atoms with Gasteiger partial charge < -0.3 is 4.90 Å². The molecule has 1 unspecified atom stereocenters. The van der Waals surface area contributed by atoms with Gasteiger partial charge in [0.1, 0.15) is 0 Å². The summed E-state index contributed by atoms with van der Waals surface area (Å²) < 4.78 is 27.5. The number of fused-ring (bicyclic) bond motifs is 1. The molecular weight excluding hydrogens is 344 g/mol. The number of carbonyl (C=O) groups excluding carboxylic acids is 1. The molecule has 1 aromatic rings. The highest BCUT2D eigenvalue weighted by Gasteiger charge is 2.29. The Morgan fingerprint density at radius 3 is 2.46 bits per heavy atom. The average Bonchev–Trinajstić information content (AvgIpc) is 2.83. The van der Waals surface area contributed by atoms with Gasteiger partial charge in [-0.05, 0) is 31.0 Å². The maximum absolute atomic E-state index is 13.0. The molecule has 2 aliphatic rings. The van der Waals surface area contributed by atoms with Gasteiger partial charge in [0.15, 0.2) is 0 Å². The first-order chi connectivity index (χ1) is 11.4. The van der Waals surface area contributed by atoms with Gasteiger partial charge in [-0.25, -0.2) is 8.42 Å². The summed E-state index contributed by atoms with van der Waals surface area (Å²) in [5, 5.41) is 0.248. The summed E-state index contributed by atoms with van der Waals surface area (Å²) in [4.78, 5) is 14.8. The number of anilines is 1. The molecule has 0 bridgehead atoms. The Kier molecular flexibility index (Phi) is 5.22. The second-order valence-electron chi connectivity index (χ2n) is 6.51. The Balaban J connectivity index is 1.95. The predicted molar refractivity (Wildman–Crippen MR) is 97.0 cm³/mol. The molecule has 0 spiro atoms. The lowest BCUT2D eigenvalue weighted by Crippen LogP contribution is -2.37. The lowest BCUT2D eigenvalue weighted by Gasteiger charge is -2.32. The smallest absolute Gasteiger partial charge is 0.243 e. The van der Waals surface area contributed by atoms with Crippen LogP contribution in [0.15, 0.2) is 28.0 Å². The number of nitrogens with zero attached hydrogens (tertiary/aromatic N) is 2. The van der Waals surface area contributed by atoms with E-state index in [1.54, 1.807) is 46.1 Å². The molecule has 24 heavy (non-hydrogen) atoms. The van der Waals surface area contributed by atoms with Crippen LogP contribution >= 0.6 is 11.8 Å². The van der Waals surface area contributed by atoms with Crippen LogP contribution in [-0.4, -0.2) is 43.5 Å². The fraction of sp³-hybridized carbons (Fsp3) is 0.588. The number of carbonyl (C=O) groups is 1. The van der Waals surface area contributed by atoms with Gasteiger partial charge in [-0.3, -0.25) is 4.79 Å². The molecule has 1 fully saturated rings. The van der Waals surface area contributed by atoms with Crippen molar-refractivity contribution >= 4 is 33.4 Å². The van der Waals surface area contributed by atoms with Gasteiger partial charge in [0.25, 0.3) is 0 Å². The molecule has 1 saturated heterocycles. The quantitative estimate of drug-likeness (QED) is 0.805. The Hall–Kier alpha value is -1.05. The van der Waals surface area contributed by atoms with Gasteiger partial charge in [-0.15, -0.1) is 11.8 Å². The van der Waals surface area contributed by atoms with E-state index in [0.717, 1.165) is 36.3 Å². The highest BCUT2D eigenvalue weighted by Crippen LogP contribution is 2.40. The van der Waals surface area contributed by atoms with E-state index < -0.39 is 10.0 Å². The van der Waals surface area contributed by atoms with Crippen molar-refractivity contribution in [3.8, 4) is 0 Å². The molecule has 0 N–H and O–H groups in total. The molecule has 2 aliphatic heterocycles. The molecule has 3 rings (SSSR count). The molecule has 0 aliphatic carbocycles. The van der Waals surface area contributed by atoms with E-state index in [4.69, 9.17) is 0 Å². The van der Waals surface area contributed by atoms with Crippen LogP contribution in [0.25, 0.3) is 0 Å². The van der Waals surface area contributed by atoms with E-state index in [9.17, 15) is 13.2 Å². The molecule has 7 heteroatoms. The minimum Gasteiger partial charge on any atom is -0.310 e. The zero-order chi connectivity index (χ0) is 17.3. The van der Waals surface area contributed by atoms with Crippen molar-refractivity contribution in [2.75, 3.05) is 24.5 Å². The second-order valence-corrected chi connectivity index (χ2v) is 9.92. The van der Waals surface area contributed by atoms with Crippen molar-refractivity contribution in [3.05, 3.63) is 18.2 Å². The lowest BCUT2D eigenvalue weighted by molar-refractivity contribution is -0.116. The number of hydrogen-bond acceptors (Lipinski definition) is 4. The van der Waals surface area contributed by atoms with Gasteiger partial charge in [0.2, 0.25) is 15.9 Å². The molecular formula is C17H24N2O3S2. The second kappa shape index (κ2) is 7.06. The van der Waals surface area contributed by atoms with Crippen molar-refractivity contribution in [2.24, 2.45) is 0 Å². The molecule has 1 atom stereocenters. The zero-order valence-corrected chi connectivity index (χ0v) is 15.8. The van der Waals surface area contributed by atoms with Crippen LogP contribution in [0, 0.1) is 0 Å². The van der Waals surface area contributed by atoms with E-state index >= 15 is 0 Å². The summed E-state index contributed by atoms with van der Waals surface area (Å²) in [5.74, 6) is -0.00785. The van der Waals surface area contributed by atoms with E-state index in [1.807, 2.05) is 0 Å². The summed E-state index contributed by atoms with van der Waals surface area (Å²) in [6.45, 7) is 5.46. The van der Waals surface area contributed by atoms with Crippen LogP contribution in [0.5, 0.6) is 0 Å². The highest BCUT2D eigenvalue weighted by molar-refractivity contribution is 8.00. The summed E-state index contributed by atoms with van der Waals surface area (Å²) >= 11 is 1.64. The zero-order valence-electron chi connectivity index (χ0n) is 14.2. The van der Waals surface area contributed by atoms with E-state index in [1.165, 1.54) is 0 Å². The number of amides is 1. The third-order valence-electron chi connectivity index (χ3n) is 4.57. The largest absolute Gasteiger partial charge is 0.310 e. The van der Waals surface area contributed by atoms with E-state index in [2.05, 4.69) is 6.92 Å². The first kappa shape index (κ1) is 17.8. The number of rotatable bonds is 2. The normalized spacial score (nSPS) is 22.8. The van der Waals surface area contributed by atoms with Gasteiger partial charge in [0, 0.05) is 36.7 Å². The summed E-state index contributed by atoms with van der Waals surface area (Å²) in [6, 6.07) is 5.16. The lowest BCUT2D eigenvalue weighted by atomic mass is 10.2. The van der Waals surface area contributed by atoms with E-state index in [-0.39, 0.29) is 11.2 Å². The Bertz CT molecular complexity index is 725. The maximum Gasteiger partial charge on any atom is 0.243 e. The number of hydrogen-bond donors (Lipinski definition) is 0. The topological polar surface area (TPSA) is 57.7 Å². The SMILES string of the molecule is CC(=O)N1CC(C)Sc2cc(S(=O)(=O)N3CCCCCC3)ccc21. The molecule has 2 heterocycles. The monoisotopic (exact) mass is 368 g/mol. The third-order valence-corrected chi connectivity index (χ3v) is 7.60. The van der Waals surface area contributed by atoms with Crippen LogP contribution < -0.4 is 4.90 Å². The Labute approximate surface area is 148 Å². The van der Waals surface area contributed by atoms with Gasteiger partial charge >= 0.3 is 0 Å². The molecule has 1 amide bonds. The average molecular weight is 369 g/mol.